The van der Waals surface area contributed by atoms with Gasteiger partial charge in [0.25, 0.3) is 0 Å². The first kappa shape index (κ1) is 25.5. The van der Waals surface area contributed by atoms with Crippen molar-refractivity contribution in [3.63, 3.8) is 0 Å². The van der Waals surface area contributed by atoms with Crippen LogP contribution < -0.4 is 0 Å². The topological polar surface area (TPSA) is 51.6 Å². The number of fused-ring (bicyclic) bond motifs is 9. The monoisotopic (exact) mass is 574 g/mol. The third-order valence-electron chi connectivity index (χ3n) is 8.86. The Morgan fingerprint density at radius 1 is 0.400 bits per heavy atom. The van der Waals surface area contributed by atoms with E-state index < -0.39 is 0 Å². The van der Waals surface area contributed by atoms with Gasteiger partial charge < -0.3 is 0 Å². The van der Waals surface area contributed by atoms with Crippen molar-refractivity contribution < 1.29 is 0 Å². The standard InChI is InChI=1S/C41H26N4/c1-25-11-19-36(44-39(25)38-10-4-5-21-42-38)28-14-17-32-33-18-15-29(24-35(33)31-9-3-2-8-30(31)34(32)23-28)37-20-16-27-13-12-26-7-6-22-43-40(26)41(27)45-37/h2-24H,1H3. The molecule has 210 valence electrons. The summed E-state index contributed by atoms with van der Waals surface area (Å²) in [6.45, 7) is 2.08. The van der Waals surface area contributed by atoms with Crippen molar-refractivity contribution in [1.29, 1.82) is 0 Å². The fourth-order valence-corrected chi connectivity index (χ4v) is 6.61. The summed E-state index contributed by atoms with van der Waals surface area (Å²) in [5.41, 5.74) is 8.81. The molecule has 0 N–H and O–H groups in total. The minimum absolute atomic E-state index is 0.884. The Balaban J connectivity index is 1.22. The van der Waals surface area contributed by atoms with Crippen molar-refractivity contribution in [1.82, 2.24) is 19.9 Å². The predicted octanol–water partition coefficient (Wildman–Crippen LogP) is 10.3. The number of aromatic nitrogens is 4. The summed E-state index contributed by atoms with van der Waals surface area (Å²) < 4.78 is 0. The average Bonchev–Trinajstić information content (AvgIpc) is 3.11. The maximum absolute atomic E-state index is 5.13. The highest BCUT2D eigenvalue weighted by atomic mass is 14.8. The SMILES string of the molecule is Cc1ccc(-c2ccc3c4ccc(-c5ccc6ccc7cccnc7c6n5)cc4c4ccccc4c3c2)nc1-c1ccccn1. The lowest BCUT2D eigenvalue weighted by Gasteiger charge is -2.14. The third kappa shape index (κ3) is 4.15. The minimum atomic E-state index is 0.884. The molecule has 9 rings (SSSR count). The van der Waals surface area contributed by atoms with Crippen molar-refractivity contribution in [3.05, 3.63) is 145 Å². The molecule has 0 atom stereocenters. The van der Waals surface area contributed by atoms with Crippen LogP contribution in [0.4, 0.5) is 0 Å². The second-order valence-electron chi connectivity index (χ2n) is 11.6. The van der Waals surface area contributed by atoms with E-state index in [-0.39, 0.29) is 0 Å². The summed E-state index contributed by atoms with van der Waals surface area (Å²) >= 11 is 0. The Hall–Kier alpha value is -6.00. The van der Waals surface area contributed by atoms with Gasteiger partial charge in [-0.3, -0.25) is 9.97 Å². The number of nitrogens with zero attached hydrogens (tertiary/aromatic N) is 4. The molecule has 0 aliphatic heterocycles. The fourth-order valence-electron chi connectivity index (χ4n) is 6.61. The van der Waals surface area contributed by atoms with E-state index in [4.69, 9.17) is 9.97 Å². The van der Waals surface area contributed by atoms with Gasteiger partial charge in [0.05, 0.1) is 33.8 Å². The molecule has 4 heteroatoms. The van der Waals surface area contributed by atoms with Crippen molar-refractivity contribution in [3.8, 4) is 33.9 Å². The highest BCUT2D eigenvalue weighted by Gasteiger charge is 2.14. The van der Waals surface area contributed by atoms with Gasteiger partial charge in [-0.15, -0.1) is 0 Å². The predicted molar refractivity (Wildman–Crippen MR) is 186 cm³/mol. The van der Waals surface area contributed by atoms with Crippen molar-refractivity contribution in [2.75, 3.05) is 0 Å². The van der Waals surface area contributed by atoms with Crippen LogP contribution in [0.3, 0.4) is 0 Å². The normalized spacial score (nSPS) is 11.7. The summed E-state index contributed by atoms with van der Waals surface area (Å²) in [6.07, 6.45) is 3.65. The van der Waals surface area contributed by atoms with E-state index >= 15 is 0 Å². The molecule has 4 nitrogen and oxygen atoms in total. The second kappa shape index (κ2) is 10.0. The number of pyridine rings is 4. The van der Waals surface area contributed by atoms with E-state index in [2.05, 4.69) is 120 Å². The maximum atomic E-state index is 5.13. The highest BCUT2D eigenvalue weighted by Crippen LogP contribution is 2.39. The van der Waals surface area contributed by atoms with Crippen LogP contribution in [-0.2, 0) is 0 Å². The Labute approximate surface area is 259 Å². The molecule has 0 saturated carbocycles. The first-order valence-corrected chi connectivity index (χ1v) is 15.1. The van der Waals surface area contributed by atoms with Crippen LogP contribution in [0.25, 0.3) is 88.0 Å². The lowest BCUT2D eigenvalue weighted by atomic mass is 9.91. The van der Waals surface area contributed by atoms with E-state index in [9.17, 15) is 0 Å². The van der Waals surface area contributed by atoms with Crippen molar-refractivity contribution in [2.24, 2.45) is 0 Å². The lowest BCUT2D eigenvalue weighted by molar-refractivity contribution is 1.22. The zero-order valence-corrected chi connectivity index (χ0v) is 24.6. The van der Waals surface area contributed by atoms with Gasteiger partial charge >= 0.3 is 0 Å². The van der Waals surface area contributed by atoms with E-state index in [1.54, 1.807) is 0 Å². The van der Waals surface area contributed by atoms with E-state index in [1.165, 1.54) is 32.3 Å². The average molecular weight is 575 g/mol. The summed E-state index contributed by atoms with van der Waals surface area (Å²) in [7, 11) is 0. The molecular weight excluding hydrogens is 548 g/mol. The Bertz CT molecular complexity index is 2590. The first-order chi connectivity index (χ1) is 22.2. The zero-order chi connectivity index (χ0) is 29.9. The van der Waals surface area contributed by atoms with Crippen LogP contribution in [0.2, 0.25) is 0 Å². The summed E-state index contributed by atoms with van der Waals surface area (Å²) in [6, 6.07) is 44.9. The van der Waals surface area contributed by atoms with Gasteiger partial charge in [0.2, 0.25) is 0 Å². The molecule has 0 aliphatic carbocycles. The molecule has 0 radical (unpaired) electrons. The first-order valence-electron chi connectivity index (χ1n) is 15.1. The largest absolute Gasteiger partial charge is 0.255 e. The van der Waals surface area contributed by atoms with Gasteiger partial charge in [0.15, 0.2) is 0 Å². The molecular formula is C41H26N4. The molecule has 0 bridgehead atoms. The molecule has 4 aromatic heterocycles. The summed E-state index contributed by atoms with van der Waals surface area (Å²) in [5.74, 6) is 0. The minimum Gasteiger partial charge on any atom is -0.255 e. The van der Waals surface area contributed by atoms with Crippen LogP contribution in [-0.4, -0.2) is 19.9 Å². The number of hydrogen-bond acceptors (Lipinski definition) is 4. The summed E-state index contributed by atoms with van der Waals surface area (Å²) in [5, 5.41) is 9.50. The number of aryl methyl sites for hydroxylation is 1. The van der Waals surface area contributed by atoms with Crippen LogP contribution >= 0.6 is 0 Å². The van der Waals surface area contributed by atoms with E-state index in [1.807, 2.05) is 36.7 Å². The van der Waals surface area contributed by atoms with Gasteiger partial charge in [-0.25, -0.2) is 9.97 Å². The van der Waals surface area contributed by atoms with Gasteiger partial charge in [0, 0.05) is 34.3 Å². The van der Waals surface area contributed by atoms with Gasteiger partial charge in [0.1, 0.15) is 0 Å². The highest BCUT2D eigenvalue weighted by molar-refractivity contribution is 6.26. The fraction of sp³-hybridized carbons (Fsp3) is 0.0244. The Kier molecular flexibility index (Phi) is 5.69. The molecule has 0 amide bonds. The second-order valence-corrected chi connectivity index (χ2v) is 11.6. The molecule has 0 unspecified atom stereocenters. The van der Waals surface area contributed by atoms with Crippen LogP contribution in [0.5, 0.6) is 0 Å². The van der Waals surface area contributed by atoms with Gasteiger partial charge in [-0.1, -0.05) is 84.9 Å². The Morgan fingerprint density at radius 3 is 1.71 bits per heavy atom. The molecule has 0 fully saturated rings. The molecule has 0 aliphatic rings. The van der Waals surface area contributed by atoms with Crippen molar-refractivity contribution >= 4 is 54.1 Å². The smallest absolute Gasteiger partial charge is 0.0972 e. The summed E-state index contributed by atoms with van der Waals surface area (Å²) in [4.78, 5) is 19.4. The van der Waals surface area contributed by atoms with Crippen molar-refractivity contribution in [2.45, 2.75) is 6.92 Å². The molecule has 4 heterocycles. The van der Waals surface area contributed by atoms with Crippen LogP contribution in [0.1, 0.15) is 5.56 Å². The Morgan fingerprint density at radius 2 is 1.00 bits per heavy atom. The quantitative estimate of drug-likeness (QED) is 0.197. The van der Waals surface area contributed by atoms with Gasteiger partial charge in [-0.2, -0.15) is 0 Å². The van der Waals surface area contributed by atoms with E-state index in [0.29, 0.717) is 0 Å². The molecule has 5 aromatic carbocycles. The molecule has 9 aromatic rings. The number of rotatable bonds is 3. The lowest BCUT2D eigenvalue weighted by Crippen LogP contribution is -1.94. The third-order valence-corrected chi connectivity index (χ3v) is 8.86. The van der Waals surface area contributed by atoms with Crippen LogP contribution in [0, 0.1) is 6.92 Å². The maximum Gasteiger partial charge on any atom is 0.0972 e. The molecule has 0 saturated heterocycles. The van der Waals surface area contributed by atoms with Gasteiger partial charge in [-0.05, 0) is 87.3 Å². The zero-order valence-electron chi connectivity index (χ0n) is 24.6. The molecule has 0 spiro atoms. The molecule has 45 heavy (non-hydrogen) atoms. The van der Waals surface area contributed by atoms with Crippen LogP contribution in [0.15, 0.2) is 140 Å². The number of benzene rings is 5. The number of hydrogen-bond donors (Lipinski definition) is 0. The van der Waals surface area contributed by atoms with E-state index in [0.717, 1.165) is 61.3 Å².